The molecule has 5 atom stereocenters. The van der Waals surface area contributed by atoms with Crippen molar-refractivity contribution in [3.8, 4) is 0 Å². The molecule has 0 amide bonds. The number of imidazole rings is 1. The smallest absolute Gasteiger partial charge is 0.165 e. The standard InChI is InChI=1S/C18H23N5O2/c1-10-2-3-22(6-10)17-14-18(20-8-19-17)23(9-21-14)7-12-4-11-5-13(12)16(25)15(11)24/h2,8-9,11-13,15-16,24-25H,3-7H2,1H3/t11-,12-,13-,15+,16-/m0/s1. The fourth-order valence-corrected chi connectivity index (χ4v) is 4.98. The Bertz CT molecular complexity index is 845. The van der Waals surface area contributed by atoms with Crippen molar-refractivity contribution in [3.63, 3.8) is 0 Å². The van der Waals surface area contributed by atoms with Gasteiger partial charge in [-0.1, -0.05) is 11.6 Å². The van der Waals surface area contributed by atoms with Gasteiger partial charge in [-0.25, -0.2) is 15.0 Å². The summed E-state index contributed by atoms with van der Waals surface area (Å²) in [7, 11) is 0. The van der Waals surface area contributed by atoms with Crippen LogP contribution in [0.4, 0.5) is 5.82 Å². The van der Waals surface area contributed by atoms with Crippen molar-refractivity contribution >= 4 is 17.0 Å². The molecule has 2 bridgehead atoms. The summed E-state index contributed by atoms with van der Waals surface area (Å²) in [4.78, 5) is 15.7. The van der Waals surface area contributed by atoms with E-state index in [4.69, 9.17) is 0 Å². The van der Waals surface area contributed by atoms with E-state index in [1.807, 2.05) is 6.33 Å². The third-order valence-corrected chi connectivity index (χ3v) is 6.27. The Morgan fingerprint density at radius 1 is 1.16 bits per heavy atom. The predicted molar refractivity (Wildman–Crippen MR) is 93.0 cm³/mol. The number of aliphatic hydroxyl groups excluding tert-OH is 2. The van der Waals surface area contributed by atoms with Gasteiger partial charge in [0.25, 0.3) is 0 Å². The Morgan fingerprint density at radius 3 is 2.76 bits per heavy atom. The number of hydrogen-bond acceptors (Lipinski definition) is 6. The maximum atomic E-state index is 10.2. The van der Waals surface area contributed by atoms with Gasteiger partial charge in [0.2, 0.25) is 0 Å². The molecule has 2 aromatic heterocycles. The zero-order valence-corrected chi connectivity index (χ0v) is 14.3. The van der Waals surface area contributed by atoms with Crippen LogP contribution in [0.25, 0.3) is 11.2 Å². The second-order valence-corrected chi connectivity index (χ2v) is 7.83. The minimum atomic E-state index is -0.581. The second kappa shape index (κ2) is 5.51. The van der Waals surface area contributed by atoms with Crippen LogP contribution in [0, 0.1) is 17.8 Å². The molecule has 2 N–H and O–H groups in total. The summed E-state index contributed by atoms with van der Waals surface area (Å²) in [6.45, 7) is 4.66. The van der Waals surface area contributed by atoms with Gasteiger partial charge in [-0.15, -0.1) is 0 Å². The molecule has 3 heterocycles. The molecule has 0 radical (unpaired) electrons. The van der Waals surface area contributed by atoms with Gasteiger partial charge in [-0.2, -0.15) is 0 Å². The number of aromatic nitrogens is 4. The highest BCUT2D eigenvalue weighted by Gasteiger charge is 2.51. The molecule has 132 valence electrons. The van der Waals surface area contributed by atoms with Crippen LogP contribution in [-0.2, 0) is 6.54 Å². The molecular formula is C18H23N5O2. The van der Waals surface area contributed by atoms with Gasteiger partial charge < -0.3 is 19.7 Å². The normalized spacial score (nSPS) is 34.3. The summed E-state index contributed by atoms with van der Waals surface area (Å²) in [5.41, 5.74) is 3.04. The number of nitrogens with zero attached hydrogens (tertiary/aromatic N) is 5. The van der Waals surface area contributed by atoms with Gasteiger partial charge in [0.05, 0.1) is 18.5 Å². The fourth-order valence-electron chi connectivity index (χ4n) is 4.98. The third-order valence-electron chi connectivity index (χ3n) is 6.27. The monoisotopic (exact) mass is 341 g/mol. The first-order valence-electron chi connectivity index (χ1n) is 9.04. The van der Waals surface area contributed by atoms with Crippen LogP contribution in [0.1, 0.15) is 19.8 Å². The van der Waals surface area contributed by atoms with Crippen molar-refractivity contribution in [1.29, 1.82) is 0 Å². The molecule has 7 nitrogen and oxygen atoms in total. The maximum Gasteiger partial charge on any atom is 0.165 e. The Kier molecular flexibility index (Phi) is 3.36. The van der Waals surface area contributed by atoms with Crippen molar-refractivity contribution in [2.45, 2.75) is 38.5 Å². The summed E-state index contributed by atoms with van der Waals surface area (Å²) in [5.74, 6) is 1.68. The van der Waals surface area contributed by atoms with E-state index < -0.39 is 12.2 Å². The van der Waals surface area contributed by atoms with E-state index in [-0.39, 0.29) is 11.8 Å². The van der Waals surface area contributed by atoms with Crippen molar-refractivity contribution in [3.05, 3.63) is 24.3 Å². The first-order valence-corrected chi connectivity index (χ1v) is 9.04. The van der Waals surface area contributed by atoms with Crippen LogP contribution < -0.4 is 4.90 Å². The highest BCUT2D eigenvalue weighted by atomic mass is 16.3. The average Bonchev–Trinajstić information content (AvgIpc) is 3.36. The van der Waals surface area contributed by atoms with Crippen LogP contribution in [0.3, 0.4) is 0 Å². The van der Waals surface area contributed by atoms with Crippen LogP contribution in [0.2, 0.25) is 0 Å². The second-order valence-electron chi connectivity index (χ2n) is 7.83. The van der Waals surface area contributed by atoms with E-state index in [2.05, 4.69) is 37.4 Å². The molecule has 3 aliphatic rings. The molecule has 1 aliphatic heterocycles. The van der Waals surface area contributed by atoms with E-state index in [0.29, 0.717) is 5.92 Å². The fraction of sp³-hybridized carbons (Fsp3) is 0.611. The average molecular weight is 341 g/mol. The van der Waals surface area contributed by atoms with Gasteiger partial charge in [-0.3, -0.25) is 0 Å². The SMILES string of the molecule is CC1=CCN(c2ncnc3c2ncn3C[C@@H]2C[C@H]3C[C@@H]2[C@H](O)[C@@H]3O)C1. The Labute approximate surface area is 146 Å². The summed E-state index contributed by atoms with van der Waals surface area (Å²) in [6, 6.07) is 0. The lowest BCUT2D eigenvalue weighted by molar-refractivity contribution is -0.0360. The highest BCUT2D eigenvalue weighted by Crippen LogP contribution is 2.49. The van der Waals surface area contributed by atoms with Crippen LogP contribution in [-0.4, -0.2) is 55.0 Å². The molecule has 2 aliphatic carbocycles. The summed E-state index contributed by atoms with van der Waals surface area (Å²) in [5, 5.41) is 20.2. The van der Waals surface area contributed by atoms with E-state index in [9.17, 15) is 10.2 Å². The van der Waals surface area contributed by atoms with Gasteiger partial charge in [0, 0.05) is 19.6 Å². The molecule has 0 saturated heterocycles. The van der Waals surface area contributed by atoms with Crippen LogP contribution in [0.5, 0.6) is 0 Å². The van der Waals surface area contributed by atoms with E-state index in [1.54, 1.807) is 6.33 Å². The third kappa shape index (κ3) is 2.29. The topological polar surface area (TPSA) is 87.3 Å². The first-order chi connectivity index (χ1) is 12.1. The molecule has 7 heteroatoms. The van der Waals surface area contributed by atoms with Gasteiger partial charge in [0.15, 0.2) is 17.0 Å². The van der Waals surface area contributed by atoms with Crippen molar-refractivity contribution < 1.29 is 10.2 Å². The summed E-state index contributed by atoms with van der Waals surface area (Å²) >= 11 is 0. The van der Waals surface area contributed by atoms with Crippen molar-refractivity contribution in [2.75, 3.05) is 18.0 Å². The number of fused-ring (bicyclic) bond motifs is 3. The van der Waals surface area contributed by atoms with Crippen molar-refractivity contribution in [2.24, 2.45) is 17.8 Å². The first kappa shape index (κ1) is 15.3. The van der Waals surface area contributed by atoms with Gasteiger partial charge >= 0.3 is 0 Å². The molecule has 2 aromatic rings. The lowest BCUT2D eigenvalue weighted by atomic mass is 9.85. The van der Waals surface area contributed by atoms with E-state index in [0.717, 1.165) is 49.5 Å². The molecule has 2 fully saturated rings. The Balaban J connectivity index is 1.42. The van der Waals surface area contributed by atoms with E-state index in [1.165, 1.54) is 5.57 Å². The maximum absolute atomic E-state index is 10.2. The molecule has 0 spiro atoms. The Morgan fingerprint density at radius 2 is 2.04 bits per heavy atom. The quantitative estimate of drug-likeness (QED) is 0.809. The molecule has 2 saturated carbocycles. The zero-order chi connectivity index (χ0) is 17.1. The van der Waals surface area contributed by atoms with Gasteiger partial charge in [-0.05, 0) is 37.5 Å². The molecule has 5 rings (SSSR count). The molecule has 25 heavy (non-hydrogen) atoms. The number of anilines is 1. The summed E-state index contributed by atoms with van der Waals surface area (Å²) in [6.07, 6.45) is 6.45. The minimum Gasteiger partial charge on any atom is -0.390 e. The minimum absolute atomic E-state index is 0.184. The summed E-state index contributed by atoms with van der Waals surface area (Å²) < 4.78 is 2.08. The lowest BCUT2D eigenvalue weighted by Gasteiger charge is -2.29. The van der Waals surface area contributed by atoms with Crippen molar-refractivity contribution in [1.82, 2.24) is 19.5 Å². The Hall–Kier alpha value is -1.99. The lowest BCUT2D eigenvalue weighted by Crippen LogP contribution is -2.37. The molecular weight excluding hydrogens is 318 g/mol. The van der Waals surface area contributed by atoms with Crippen LogP contribution >= 0.6 is 0 Å². The zero-order valence-electron chi connectivity index (χ0n) is 14.3. The number of hydrogen-bond donors (Lipinski definition) is 2. The highest BCUT2D eigenvalue weighted by molar-refractivity contribution is 5.83. The van der Waals surface area contributed by atoms with Crippen LogP contribution in [0.15, 0.2) is 24.3 Å². The number of rotatable bonds is 3. The van der Waals surface area contributed by atoms with E-state index >= 15 is 0 Å². The predicted octanol–water partition coefficient (Wildman–Crippen LogP) is 0.970. The largest absolute Gasteiger partial charge is 0.390 e. The molecule has 0 aromatic carbocycles. The number of aliphatic hydroxyl groups is 2. The molecule has 0 unspecified atom stereocenters. The van der Waals surface area contributed by atoms with Gasteiger partial charge in [0.1, 0.15) is 6.33 Å².